The number of halogens is 2. The molecule has 2 rings (SSSR count). The van der Waals surface area contributed by atoms with E-state index in [2.05, 4.69) is 10.3 Å². The van der Waals surface area contributed by atoms with E-state index in [0.717, 1.165) is 17.4 Å². The van der Waals surface area contributed by atoms with Gasteiger partial charge >= 0.3 is 5.97 Å². The van der Waals surface area contributed by atoms with Crippen molar-refractivity contribution in [3.8, 4) is 0 Å². The molecule has 1 aromatic carbocycles. The van der Waals surface area contributed by atoms with Crippen LogP contribution in [0, 0.1) is 11.6 Å². The van der Waals surface area contributed by atoms with Crippen molar-refractivity contribution < 1.29 is 23.5 Å². The number of nitrogens with one attached hydrogen (secondary N) is 1. The average molecular weight is 312 g/mol. The second-order valence-corrected chi connectivity index (χ2v) is 5.03. The van der Waals surface area contributed by atoms with Crippen LogP contribution in [0.5, 0.6) is 0 Å². The minimum absolute atomic E-state index is 0.0659. The molecule has 1 amide bonds. The van der Waals surface area contributed by atoms with Gasteiger partial charge < -0.3 is 10.4 Å². The first-order valence-corrected chi connectivity index (χ1v) is 6.72. The standard InChI is InChI=1S/C13H10F2N2O3S/c14-8-2-1-7(10(15)4-8)3-11(18)17-13-16-9(6-21-13)5-12(19)20/h1-2,4,6H,3,5H2,(H,19,20)(H,16,17,18). The molecule has 0 aliphatic heterocycles. The predicted molar refractivity (Wildman–Crippen MR) is 72.1 cm³/mol. The van der Waals surface area contributed by atoms with Gasteiger partial charge in [0.2, 0.25) is 5.91 Å². The summed E-state index contributed by atoms with van der Waals surface area (Å²) in [4.78, 5) is 26.2. The number of carbonyl (C=O) groups excluding carboxylic acids is 1. The number of aromatic nitrogens is 1. The van der Waals surface area contributed by atoms with Crippen LogP contribution in [0.25, 0.3) is 0 Å². The number of carboxylic acids is 1. The Labute approximate surface area is 122 Å². The van der Waals surface area contributed by atoms with Crippen molar-refractivity contribution in [2.75, 3.05) is 5.32 Å². The van der Waals surface area contributed by atoms with Gasteiger partial charge in [0.15, 0.2) is 5.13 Å². The highest BCUT2D eigenvalue weighted by Crippen LogP contribution is 2.17. The number of thiazole rings is 1. The molecule has 2 aromatic rings. The van der Waals surface area contributed by atoms with E-state index in [0.29, 0.717) is 11.8 Å². The van der Waals surface area contributed by atoms with Crippen molar-refractivity contribution in [1.82, 2.24) is 4.98 Å². The summed E-state index contributed by atoms with van der Waals surface area (Å²) >= 11 is 1.08. The second-order valence-electron chi connectivity index (χ2n) is 4.18. The molecule has 0 bridgehead atoms. The topological polar surface area (TPSA) is 79.3 Å². The Balaban J connectivity index is 1.98. The summed E-state index contributed by atoms with van der Waals surface area (Å²) in [5, 5.41) is 12.8. The van der Waals surface area contributed by atoms with E-state index in [1.54, 1.807) is 0 Å². The van der Waals surface area contributed by atoms with Crippen molar-refractivity contribution in [2.45, 2.75) is 12.8 Å². The summed E-state index contributed by atoms with van der Waals surface area (Å²) in [7, 11) is 0. The minimum Gasteiger partial charge on any atom is -0.481 e. The maximum Gasteiger partial charge on any atom is 0.309 e. The number of hydrogen-bond acceptors (Lipinski definition) is 4. The van der Waals surface area contributed by atoms with Gasteiger partial charge in [0.25, 0.3) is 0 Å². The van der Waals surface area contributed by atoms with E-state index in [1.165, 1.54) is 11.4 Å². The number of amides is 1. The van der Waals surface area contributed by atoms with Gasteiger partial charge in [-0.05, 0) is 11.6 Å². The highest BCUT2D eigenvalue weighted by Gasteiger charge is 2.12. The number of aliphatic carboxylic acids is 1. The number of carboxylic acid groups (broad SMARTS) is 1. The van der Waals surface area contributed by atoms with E-state index in [9.17, 15) is 18.4 Å². The largest absolute Gasteiger partial charge is 0.481 e. The van der Waals surface area contributed by atoms with Crippen LogP contribution in [0.3, 0.4) is 0 Å². The molecule has 0 radical (unpaired) electrons. The number of anilines is 1. The third-order valence-electron chi connectivity index (χ3n) is 2.50. The Bertz CT molecular complexity index is 688. The van der Waals surface area contributed by atoms with Gasteiger partial charge in [0.1, 0.15) is 11.6 Å². The van der Waals surface area contributed by atoms with Crippen molar-refractivity contribution in [2.24, 2.45) is 0 Å². The van der Waals surface area contributed by atoms with Crippen LogP contribution in [0.15, 0.2) is 23.6 Å². The second kappa shape index (κ2) is 6.40. The van der Waals surface area contributed by atoms with Gasteiger partial charge in [-0.15, -0.1) is 11.3 Å². The fourth-order valence-electron chi connectivity index (χ4n) is 1.60. The fourth-order valence-corrected chi connectivity index (χ4v) is 2.33. The molecule has 8 heteroatoms. The van der Waals surface area contributed by atoms with Gasteiger partial charge in [0, 0.05) is 11.4 Å². The SMILES string of the molecule is O=C(O)Cc1csc(NC(=O)Cc2ccc(F)cc2F)n1. The first-order chi connectivity index (χ1) is 9.94. The normalized spacial score (nSPS) is 10.4. The van der Waals surface area contributed by atoms with Gasteiger partial charge in [-0.3, -0.25) is 9.59 Å². The van der Waals surface area contributed by atoms with Gasteiger partial charge in [-0.1, -0.05) is 6.07 Å². The first-order valence-electron chi connectivity index (χ1n) is 5.84. The summed E-state index contributed by atoms with van der Waals surface area (Å²) in [5.41, 5.74) is 0.395. The molecule has 0 saturated carbocycles. The summed E-state index contributed by atoms with van der Waals surface area (Å²) in [6.45, 7) is 0. The van der Waals surface area contributed by atoms with Crippen LogP contribution in [-0.4, -0.2) is 22.0 Å². The predicted octanol–water partition coefficient (Wildman–Crippen LogP) is 2.23. The van der Waals surface area contributed by atoms with Crippen molar-refractivity contribution in [3.05, 3.63) is 46.5 Å². The lowest BCUT2D eigenvalue weighted by Crippen LogP contribution is -2.15. The van der Waals surface area contributed by atoms with Crippen LogP contribution in [-0.2, 0) is 22.4 Å². The molecule has 0 aliphatic carbocycles. The summed E-state index contributed by atoms with van der Waals surface area (Å²) in [5.74, 6) is -3.05. The number of benzene rings is 1. The van der Waals surface area contributed by atoms with Crippen LogP contribution in [0.4, 0.5) is 13.9 Å². The van der Waals surface area contributed by atoms with Crippen molar-refractivity contribution >= 4 is 28.3 Å². The van der Waals surface area contributed by atoms with Crippen LogP contribution >= 0.6 is 11.3 Å². The molecule has 0 atom stereocenters. The van der Waals surface area contributed by atoms with Crippen molar-refractivity contribution in [3.63, 3.8) is 0 Å². The van der Waals surface area contributed by atoms with E-state index in [4.69, 9.17) is 5.11 Å². The lowest BCUT2D eigenvalue weighted by molar-refractivity contribution is -0.136. The lowest BCUT2D eigenvalue weighted by atomic mass is 10.1. The van der Waals surface area contributed by atoms with Crippen LogP contribution in [0.1, 0.15) is 11.3 Å². The van der Waals surface area contributed by atoms with E-state index < -0.39 is 23.5 Å². The Morgan fingerprint density at radius 1 is 1.29 bits per heavy atom. The number of hydrogen-bond donors (Lipinski definition) is 2. The molecule has 0 spiro atoms. The highest BCUT2D eigenvalue weighted by molar-refractivity contribution is 7.13. The minimum atomic E-state index is -1.02. The molecule has 0 saturated heterocycles. The number of nitrogens with zero attached hydrogens (tertiary/aromatic N) is 1. The lowest BCUT2D eigenvalue weighted by Gasteiger charge is -2.03. The third kappa shape index (κ3) is 4.32. The molecule has 2 N–H and O–H groups in total. The third-order valence-corrected chi connectivity index (χ3v) is 3.30. The van der Waals surface area contributed by atoms with Crippen LogP contribution in [0.2, 0.25) is 0 Å². The molecular formula is C13H10F2N2O3S. The monoisotopic (exact) mass is 312 g/mol. The molecule has 0 unspecified atom stereocenters. The van der Waals surface area contributed by atoms with Gasteiger partial charge in [0.05, 0.1) is 18.5 Å². The Hall–Kier alpha value is -2.35. The molecule has 5 nitrogen and oxygen atoms in total. The molecule has 21 heavy (non-hydrogen) atoms. The summed E-state index contributed by atoms with van der Waals surface area (Å²) in [6.07, 6.45) is -0.501. The molecular weight excluding hydrogens is 302 g/mol. The summed E-state index contributed by atoms with van der Waals surface area (Å²) in [6, 6.07) is 2.97. The molecule has 1 aromatic heterocycles. The quantitative estimate of drug-likeness (QED) is 0.887. The van der Waals surface area contributed by atoms with Gasteiger partial charge in [-0.25, -0.2) is 13.8 Å². The zero-order valence-electron chi connectivity index (χ0n) is 10.6. The molecule has 0 aliphatic rings. The molecule has 0 fully saturated rings. The van der Waals surface area contributed by atoms with E-state index >= 15 is 0 Å². The number of carbonyl (C=O) groups is 2. The van der Waals surface area contributed by atoms with Crippen molar-refractivity contribution in [1.29, 1.82) is 0 Å². The Morgan fingerprint density at radius 3 is 2.71 bits per heavy atom. The Morgan fingerprint density at radius 2 is 2.05 bits per heavy atom. The van der Waals surface area contributed by atoms with Gasteiger partial charge in [-0.2, -0.15) is 0 Å². The highest BCUT2D eigenvalue weighted by atomic mass is 32.1. The maximum absolute atomic E-state index is 13.4. The molecule has 110 valence electrons. The zero-order valence-corrected chi connectivity index (χ0v) is 11.4. The van der Waals surface area contributed by atoms with E-state index in [1.807, 2.05) is 0 Å². The zero-order chi connectivity index (χ0) is 15.4. The Kier molecular flexibility index (Phi) is 4.59. The molecule has 1 heterocycles. The maximum atomic E-state index is 13.4. The number of rotatable bonds is 5. The first kappa shape index (κ1) is 15.0. The fraction of sp³-hybridized carbons (Fsp3) is 0.154. The van der Waals surface area contributed by atoms with E-state index in [-0.39, 0.29) is 23.5 Å². The smallest absolute Gasteiger partial charge is 0.309 e. The summed E-state index contributed by atoms with van der Waals surface area (Å²) < 4.78 is 26.1. The average Bonchev–Trinajstić information content (AvgIpc) is 2.79. The van der Waals surface area contributed by atoms with Crippen LogP contribution < -0.4 is 5.32 Å².